The second kappa shape index (κ2) is 10.9. The molecule has 3 saturated heterocycles. The van der Waals surface area contributed by atoms with Crippen LogP contribution in [0.3, 0.4) is 0 Å². The van der Waals surface area contributed by atoms with Crippen molar-refractivity contribution >= 4 is 33.7 Å². The van der Waals surface area contributed by atoms with Crippen LogP contribution in [0.25, 0.3) is 10.8 Å². The number of anilines is 2. The fraction of sp³-hybridized carbons (Fsp3) is 0.500. The third kappa shape index (κ3) is 4.98. The summed E-state index contributed by atoms with van der Waals surface area (Å²) in [6.07, 6.45) is 3.13. The number of alkyl halides is 1. The van der Waals surface area contributed by atoms with Crippen LogP contribution in [0.2, 0.25) is 5.02 Å². The molecule has 0 radical (unpaired) electrons. The number of piperazine rings is 1. The highest BCUT2D eigenvalue weighted by atomic mass is 35.5. The minimum Gasteiger partial charge on any atom is -0.476 e. The SMILES string of the molecule is N#CC[C@H]1CN(c2cc(OC[C@]34CCCN3C[C@@H](F)C4)nc3c2CCN(c2cccc4cccc(Cl)c24)C3)CCN1. The summed E-state index contributed by atoms with van der Waals surface area (Å²) in [5.74, 6) is 0.607. The van der Waals surface area contributed by atoms with E-state index in [1.807, 2.05) is 12.1 Å². The molecule has 2 aromatic carbocycles. The first-order valence-corrected chi connectivity index (χ1v) is 15.2. The third-order valence-corrected chi connectivity index (χ3v) is 9.81. The lowest BCUT2D eigenvalue weighted by Crippen LogP contribution is -2.51. The molecule has 0 amide bonds. The molecule has 1 N–H and O–H groups in total. The van der Waals surface area contributed by atoms with Crippen molar-refractivity contribution in [3.8, 4) is 11.9 Å². The van der Waals surface area contributed by atoms with Crippen LogP contribution >= 0.6 is 11.6 Å². The molecule has 3 fully saturated rings. The molecule has 0 spiro atoms. The quantitative estimate of drug-likeness (QED) is 0.439. The van der Waals surface area contributed by atoms with E-state index in [9.17, 15) is 9.65 Å². The lowest BCUT2D eigenvalue weighted by Gasteiger charge is -2.38. The van der Waals surface area contributed by atoms with Gasteiger partial charge in [-0.1, -0.05) is 35.9 Å². The Bertz CT molecular complexity index is 1490. The van der Waals surface area contributed by atoms with E-state index in [0.29, 0.717) is 38.4 Å². The van der Waals surface area contributed by atoms with Crippen LogP contribution in [-0.4, -0.2) is 73.5 Å². The molecule has 0 unspecified atom stereocenters. The second-order valence-corrected chi connectivity index (χ2v) is 12.4. The Kier molecular flexibility index (Phi) is 7.14. The Morgan fingerprint density at radius 3 is 2.88 bits per heavy atom. The number of hydrogen-bond donors (Lipinski definition) is 1. The molecule has 4 aliphatic heterocycles. The zero-order valence-electron chi connectivity index (χ0n) is 23.3. The van der Waals surface area contributed by atoms with Crippen LogP contribution in [0.5, 0.6) is 5.88 Å². The fourth-order valence-electron chi connectivity index (χ4n) is 7.54. The van der Waals surface area contributed by atoms with E-state index in [2.05, 4.69) is 56.4 Å². The maximum absolute atomic E-state index is 14.4. The standard InChI is InChI=1S/C32H36ClFN6O/c33-26-6-1-4-22-5-2-7-28(31(22)26)38-14-9-25-27(20-38)37-30(16-29(25)39-15-12-36-24(19-39)8-11-35)41-21-32-10-3-13-40(32)18-23(34)17-32/h1-2,4-7,16,23-24,36H,3,8-10,12-15,17-21H2/t23-,24-,32+/m0/s1. The van der Waals surface area contributed by atoms with Gasteiger partial charge in [0.1, 0.15) is 12.8 Å². The summed E-state index contributed by atoms with van der Waals surface area (Å²) in [7, 11) is 0. The van der Waals surface area contributed by atoms with E-state index in [1.165, 1.54) is 5.56 Å². The van der Waals surface area contributed by atoms with Crippen molar-refractivity contribution < 1.29 is 9.13 Å². The Labute approximate surface area is 245 Å². The number of fused-ring (bicyclic) bond motifs is 3. The van der Waals surface area contributed by atoms with Gasteiger partial charge < -0.3 is 19.9 Å². The monoisotopic (exact) mass is 574 g/mol. The molecule has 3 aromatic rings. The summed E-state index contributed by atoms with van der Waals surface area (Å²) >= 11 is 6.70. The van der Waals surface area contributed by atoms with Crippen molar-refractivity contribution in [1.82, 2.24) is 15.2 Å². The topological polar surface area (TPSA) is 67.7 Å². The molecule has 1 aromatic heterocycles. The molecule has 3 atom stereocenters. The summed E-state index contributed by atoms with van der Waals surface area (Å²) in [6, 6.07) is 16.9. The lowest BCUT2D eigenvalue weighted by atomic mass is 9.95. The van der Waals surface area contributed by atoms with E-state index in [0.717, 1.165) is 84.9 Å². The van der Waals surface area contributed by atoms with Gasteiger partial charge in [0.25, 0.3) is 0 Å². The number of nitriles is 1. The first-order valence-electron chi connectivity index (χ1n) is 14.9. The van der Waals surface area contributed by atoms with Gasteiger partial charge in [-0.25, -0.2) is 9.37 Å². The number of ether oxygens (including phenoxy) is 1. The van der Waals surface area contributed by atoms with Crippen molar-refractivity contribution in [3.63, 3.8) is 0 Å². The van der Waals surface area contributed by atoms with Gasteiger partial charge in [0.15, 0.2) is 0 Å². The molecule has 0 bridgehead atoms. The number of pyridine rings is 1. The van der Waals surface area contributed by atoms with Crippen LogP contribution < -0.4 is 19.9 Å². The molecule has 214 valence electrons. The fourth-order valence-corrected chi connectivity index (χ4v) is 7.82. The van der Waals surface area contributed by atoms with Crippen molar-refractivity contribution in [3.05, 3.63) is 58.7 Å². The maximum atomic E-state index is 14.4. The van der Waals surface area contributed by atoms with Crippen molar-refractivity contribution in [2.45, 2.75) is 56.4 Å². The van der Waals surface area contributed by atoms with Gasteiger partial charge in [-0.2, -0.15) is 5.26 Å². The van der Waals surface area contributed by atoms with Crippen molar-refractivity contribution in [1.29, 1.82) is 5.26 Å². The average Bonchev–Trinajstić information content (AvgIpc) is 3.51. The van der Waals surface area contributed by atoms with Crippen LogP contribution in [-0.2, 0) is 13.0 Å². The molecule has 7 nitrogen and oxygen atoms in total. The van der Waals surface area contributed by atoms with Crippen LogP contribution in [0.1, 0.15) is 36.9 Å². The first-order chi connectivity index (χ1) is 20.0. The van der Waals surface area contributed by atoms with Gasteiger partial charge in [0.05, 0.1) is 35.3 Å². The number of rotatable bonds is 6. The Balaban J connectivity index is 1.23. The van der Waals surface area contributed by atoms with E-state index in [1.54, 1.807) is 0 Å². The summed E-state index contributed by atoms with van der Waals surface area (Å²) < 4.78 is 20.9. The van der Waals surface area contributed by atoms with Crippen LogP contribution in [0.15, 0.2) is 42.5 Å². The molecule has 0 saturated carbocycles. The zero-order valence-corrected chi connectivity index (χ0v) is 24.0. The Morgan fingerprint density at radius 1 is 1.12 bits per heavy atom. The van der Waals surface area contributed by atoms with Crippen LogP contribution in [0, 0.1) is 11.3 Å². The molecule has 41 heavy (non-hydrogen) atoms. The number of halogens is 2. The van der Waals surface area contributed by atoms with E-state index in [4.69, 9.17) is 21.3 Å². The number of nitrogens with zero attached hydrogens (tertiary/aromatic N) is 5. The molecule has 5 heterocycles. The van der Waals surface area contributed by atoms with Gasteiger partial charge in [-0.15, -0.1) is 0 Å². The number of nitrogens with one attached hydrogen (secondary N) is 1. The van der Waals surface area contributed by atoms with Gasteiger partial charge in [-0.05, 0) is 43.3 Å². The van der Waals surface area contributed by atoms with Crippen LogP contribution in [0.4, 0.5) is 15.8 Å². The zero-order chi connectivity index (χ0) is 28.0. The molecular weight excluding hydrogens is 539 g/mol. The molecule has 7 rings (SSSR count). The highest BCUT2D eigenvalue weighted by Gasteiger charge is 2.49. The summed E-state index contributed by atoms with van der Waals surface area (Å²) in [5.41, 5.74) is 4.31. The number of aromatic nitrogens is 1. The molecule has 9 heteroatoms. The minimum atomic E-state index is -0.787. The third-order valence-electron chi connectivity index (χ3n) is 9.49. The van der Waals surface area contributed by atoms with Gasteiger partial charge in [0.2, 0.25) is 5.88 Å². The number of benzene rings is 2. The lowest BCUT2D eigenvalue weighted by molar-refractivity contribution is 0.110. The Morgan fingerprint density at radius 2 is 2.00 bits per heavy atom. The van der Waals surface area contributed by atoms with Gasteiger partial charge in [-0.3, -0.25) is 4.90 Å². The predicted octanol–water partition coefficient (Wildman–Crippen LogP) is 5.10. The van der Waals surface area contributed by atoms with Gasteiger partial charge in [0, 0.05) is 73.6 Å². The smallest absolute Gasteiger partial charge is 0.215 e. The summed E-state index contributed by atoms with van der Waals surface area (Å²) in [5, 5.41) is 15.8. The minimum absolute atomic E-state index is 0.130. The van der Waals surface area contributed by atoms with E-state index >= 15 is 0 Å². The normalized spacial score (nSPS) is 26.2. The summed E-state index contributed by atoms with van der Waals surface area (Å²) in [4.78, 5) is 12.1. The average molecular weight is 575 g/mol. The van der Waals surface area contributed by atoms with E-state index in [-0.39, 0.29) is 11.6 Å². The second-order valence-electron chi connectivity index (χ2n) is 12.0. The molecule has 4 aliphatic rings. The largest absolute Gasteiger partial charge is 0.476 e. The van der Waals surface area contributed by atoms with Crippen molar-refractivity contribution in [2.75, 3.05) is 55.7 Å². The molecule has 0 aliphatic carbocycles. The maximum Gasteiger partial charge on any atom is 0.215 e. The molecular formula is C32H36ClFN6O. The van der Waals surface area contributed by atoms with Crippen molar-refractivity contribution in [2.24, 2.45) is 0 Å². The van der Waals surface area contributed by atoms with E-state index < -0.39 is 6.17 Å². The summed E-state index contributed by atoms with van der Waals surface area (Å²) in [6.45, 7) is 5.88. The Hall–Kier alpha value is -3.12. The first kappa shape index (κ1) is 26.8. The predicted molar refractivity (Wildman–Crippen MR) is 161 cm³/mol. The van der Waals surface area contributed by atoms with Gasteiger partial charge >= 0.3 is 0 Å². The highest BCUT2D eigenvalue weighted by Crippen LogP contribution is 2.42. The highest BCUT2D eigenvalue weighted by molar-refractivity contribution is 6.36. The number of hydrogen-bond acceptors (Lipinski definition) is 7.